The van der Waals surface area contributed by atoms with Crippen molar-refractivity contribution < 1.29 is 17.9 Å². The Bertz CT molecular complexity index is 745. The molecule has 0 aliphatic heterocycles. The SMILES string of the molecule is CCCOc1ccc(NS(=O)(=O)c2ccccc2)cc1OCCC. The van der Waals surface area contributed by atoms with Gasteiger partial charge in [0.25, 0.3) is 10.0 Å². The molecule has 0 unspecified atom stereocenters. The Morgan fingerprint density at radius 3 is 2.12 bits per heavy atom. The fourth-order valence-corrected chi connectivity index (χ4v) is 3.11. The van der Waals surface area contributed by atoms with Crippen LogP contribution in [0.3, 0.4) is 0 Å². The highest BCUT2D eigenvalue weighted by Gasteiger charge is 2.15. The summed E-state index contributed by atoms with van der Waals surface area (Å²) in [4.78, 5) is 0.215. The number of nitrogens with one attached hydrogen (secondary N) is 1. The first-order valence-electron chi connectivity index (χ1n) is 8.04. The molecule has 0 saturated carbocycles. The van der Waals surface area contributed by atoms with Crippen molar-refractivity contribution in [2.24, 2.45) is 0 Å². The summed E-state index contributed by atoms with van der Waals surface area (Å²) in [5.74, 6) is 1.16. The lowest BCUT2D eigenvalue weighted by atomic mass is 10.3. The molecule has 2 aromatic carbocycles. The zero-order valence-electron chi connectivity index (χ0n) is 14.0. The van der Waals surface area contributed by atoms with Crippen LogP contribution in [0.25, 0.3) is 0 Å². The third kappa shape index (κ3) is 4.89. The van der Waals surface area contributed by atoms with Crippen molar-refractivity contribution in [3.8, 4) is 11.5 Å². The molecule has 2 rings (SSSR count). The molecule has 0 bridgehead atoms. The predicted molar refractivity (Wildman–Crippen MR) is 95.3 cm³/mol. The number of sulfonamides is 1. The number of ether oxygens (including phenoxy) is 2. The molecule has 0 aromatic heterocycles. The maximum absolute atomic E-state index is 12.4. The number of anilines is 1. The van der Waals surface area contributed by atoms with Crippen LogP contribution in [0.15, 0.2) is 53.4 Å². The molecule has 0 radical (unpaired) electrons. The molecule has 0 spiro atoms. The molecule has 0 atom stereocenters. The van der Waals surface area contributed by atoms with E-state index in [1.54, 1.807) is 48.5 Å². The first-order chi connectivity index (χ1) is 11.6. The maximum Gasteiger partial charge on any atom is 0.261 e. The van der Waals surface area contributed by atoms with Gasteiger partial charge in [-0.3, -0.25) is 4.72 Å². The van der Waals surface area contributed by atoms with Crippen LogP contribution in [0.5, 0.6) is 11.5 Å². The second-order valence-electron chi connectivity index (χ2n) is 5.28. The van der Waals surface area contributed by atoms with Crippen LogP contribution in [-0.4, -0.2) is 21.6 Å². The number of hydrogen-bond donors (Lipinski definition) is 1. The van der Waals surface area contributed by atoms with E-state index in [0.717, 1.165) is 12.8 Å². The largest absolute Gasteiger partial charge is 0.490 e. The van der Waals surface area contributed by atoms with Gasteiger partial charge in [-0.1, -0.05) is 32.0 Å². The lowest BCUT2D eigenvalue weighted by Crippen LogP contribution is -2.13. The maximum atomic E-state index is 12.4. The van der Waals surface area contributed by atoms with Crippen molar-refractivity contribution in [2.45, 2.75) is 31.6 Å². The van der Waals surface area contributed by atoms with Crippen molar-refractivity contribution >= 4 is 15.7 Å². The van der Waals surface area contributed by atoms with E-state index < -0.39 is 10.0 Å². The van der Waals surface area contributed by atoms with Gasteiger partial charge in [-0.2, -0.15) is 0 Å². The molecule has 5 nitrogen and oxygen atoms in total. The molecule has 0 amide bonds. The van der Waals surface area contributed by atoms with Crippen LogP contribution < -0.4 is 14.2 Å². The number of rotatable bonds is 9. The molecular weight excluding hydrogens is 326 g/mol. The highest BCUT2D eigenvalue weighted by molar-refractivity contribution is 7.92. The number of hydrogen-bond acceptors (Lipinski definition) is 4. The molecule has 0 fully saturated rings. The van der Waals surface area contributed by atoms with Gasteiger partial charge in [0.05, 0.1) is 23.8 Å². The molecule has 0 saturated heterocycles. The van der Waals surface area contributed by atoms with Crippen LogP contribution in [0.4, 0.5) is 5.69 Å². The minimum Gasteiger partial charge on any atom is -0.490 e. The fraction of sp³-hybridized carbons (Fsp3) is 0.333. The van der Waals surface area contributed by atoms with Gasteiger partial charge in [-0.05, 0) is 37.1 Å². The summed E-state index contributed by atoms with van der Waals surface area (Å²) >= 11 is 0. The van der Waals surface area contributed by atoms with Crippen molar-refractivity contribution in [2.75, 3.05) is 17.9 Å². The van der Waals surface area contributed by atoms with E-state index in [-0.39, 0.29) is 4.90 Å². The Morgan fingerprint density at radius 1 is 0.875 bits per heavy atom. The van der Waals surface area contributed by atoms with Gasteiger partial charge >= 0.3 is 0 Å². The Morgan fingerprint density at radius 2 is 1.50 bits per heavy atom. The van der Waals surface area contributed by atoms with E-state index in [4.69, 9.17) is 9.47 Å². The minimum absolute atomic E-state index is 0.215. The summed E-state index contributed by atoms with van der Waals surface area (Å²) in [6, 6.07) is 13.3. The Balaban J connectivity index is 2.24. The van der Waals surface area contributed by atoms with Gasteiger partial charge in [0.1, 0.15) is 0 Å². The van der Waals surface area contributed by atoms with E-state index in [2.05, 4.69) is 4.72 Å². The molecular formula is C18H23NO4S. The van der Waals surface area contributed by atoms with Crippen LogP contribution in [0.2, 0.25) is 0 Å². The van der Waals surface area contributed by atoms with Crippen molar-refractivity contribution in [1.82, 2.24) is 0 Å². The van der Waals surface area contributed by atoms with Crippen molar-refractivity contribution in [3.63, 3.8) is 0 Å². The van der Waals surface area contributed by atoms with Gasteiger partial charge in [0.15, 0.2) is 11.5 Å². The lowest BCUT2D eigenvalue weighted by molar-refractivity contribution is 0.268. The van der Waals surface area contributed by atoms with E-state index >= 15 is 0 Å². The summed E-state index contributed by atoms with van der Waals surface area (Å²) < 4.78 is 38.7. The van der Waals surface area contributed by atoms with Gasteiger partial charge in [-0.15, -0.1) is 0 Å². The van der Waals surface area contributed by atoms with Crippen LogP contribution >= 0.6 is 0 Å². The molecule has 6 heteroatoms. The second-order valence-corrected chi connectivity index (χ2v) is 6.96. The quantitative estimate of drug-likeness (QED) is 0.741. The Labute approximate surface area is 143 Å². The average molecular weight is 349 g/mol. The highest BCUT2D eigenvalue weighted by Crippen LogP contribution is 2.31. The standard InChI is InChI=1S/C18H23NO4S/c1-3-12-22-17-11-10-15(14-18(17)23-13-4-2)19-24(20,21)16-8-6-5-7-9-16/h5-11,14,19H,3-4,12-13H2,1-2H3. The second kappa shape index (κ2) is 8.59. The van der Waals surface area contributed by atoms with Crippen LogP contribution in [-0.2, 0) is 10.0 Å². The first-order valence-corrected chi connectivity index (χ1v) is 9.52. The Hall–Kier alpha value is -2.21. The monoisotopic (exact) mass is 349 g/mol. The molecule has 0 heterocycles. The van der Waals surface area contributed by atoms with Gasteiger partial charge < -0.3 is 9.47 Å². The number of benzene rings is 2. The molecule has 1 N–H and O–H groups in total. The van der Waals surface area contributed by atoms with Crippen LogP contribution in [0, 0.1) is 0 Å². The van der Waals surface area contributed by atoms with E-state index in [0.29, 0.717) is 30.4 Å². The summed E-state index contributed by atoms with van der Waals surface area (Å²) in [6.45, 7) is 5.15. The fourth-order valence-electron chi connectivity index (χ4n) is 2.04. The molecule has 130 valence electrons. The topological polar surface area (TPSA) is 64.6 Å². The van der Waals surface area contributed by atoms with E-state index in [1.807, 2.05) is 13.8 Å². The van der Waals surface area contributed by atoms with E-state index in [1.165, 1.54) is 0 Å². The van der Waals surface area contributed by atoms with Crippen LogP contribution in [0.1, 0.15) is 26.7 Å². The molecule has 24 heavy (non-hydrogen) atoms. The molecule has 2 aromatic rings. The predicted octanol–water partition coefficient (Wildman–Crippen LogP) is 4.07. The summed E-state index contributed by atoms with van der Waals surface area (Å²) in [5.41, 5.74) is 0.439. The third-order valence-electron chi connectivity index (χ3n) is 3.17. The van der Waals surface area contributed by atoms with Crippen molar-refractivity contribution in [3.05, 3.63) is 48.5 Å². The van der Waals surface area contributed by atoms with Gasteiger partial charge in [0, 0.05) is 6.07 Å². The smallest absolute Gasteiger partial charge is 0.261 e. The minimum atomic E-state index is -3.63. The van der Waals surface area contributed by atoms with Gasteiger partial charge in [-0.25, -0.2) is 8.42 Å². The van der Waals surface area contributed by atoms with Gasteiger partial charge in [0.2, 0.25) is 0 Å². The molecule has 0 aliphatic rings. The van der Waals surface area contributed by atoms with E-state index in [9.17, 15) is 8.42 Å². The Kier molecular flexibility index (Phi) is 6.49. The summed E-state index contributed by atoms with van der Waals surface area (Å²) in [5, 5.41) is 0. The normalized spacial score (nSPS) is 11.1. The average Bonchev–Trinajstić information content (AvgIpc) is 2.59. The highest BCUT2D eigenvalue weighted by atomic mass is 32.2. The summed E-state index contributed by atoms with van der Waals surface area (Å²) in [7, 11) is -3.63. The zero-order chi connectivity index (χ0) is 17.4. The first kappa shape index (κ1) is 18.1. The zero-order valence-corrected chi connectivity index (χ0v) is 14.8. The van der Waals surface area contributed by atoms with Crippen molar-refractivity contribution in [1.29, 1.82) is 0 Å². The lowest BCUT2D eigenvalue weighted by Gasteiger charge is -2.14. The molecule has 0 aliphatic carbocycles. The third-order valence-corrected chi connectivity index (χ3v) is 4.57. The summed E-state index contributed by atoms with van der Waals surface area (Å²) in [6.07, 6.45) is 1.74.